The van der Waals surface area contributed by atoms with Crippen molar-refractivity contribution >= 4 is 23.2 Å². The van der Waals surface area contributed by atoms with Crippen molar-refractivity contribution in [2.45, 2.75) is 39.5 Å². The second kappa shape index (κ2) is 7.28. The number of carbonyl (C=O) groups excluding carboxylic acids is 1. The molecule has 0 aliphatic carbocycles. The number of nitrogens with one attached hydrogen (secondary N) is 1. The molecule has 4 heteroatoms. The van der Waals surface area contributed by atoms with E-state index in [9.17, 15) is 4.79 Å². The van der Waals surface area contributed by atoms with Gasteiger partial charge in [0.25, 0.3) is 0 Å². The molecule has 1 heterocycles. The Hall–Kier alpha value is -1.09. The second-order valence-electron chi connectivity index (χ2n) is 4.12. The van der Waals surface area contributed by atoms with Gasteiger partial charge in [0.15, 0.2) is 0 Å². The van der Waals surface area contributed by atoms with Crippen molar-refractivity contribution in [3.8, 4) is 0 Å². The van der Waals surface area contributed by atoms with Crippen molar-refractivity contribution in [1.82, 2.24) is 4.98 Å². The van der Waals surface area contributed by atoms with Crippen LogP contribution in [-0.2, 0) is 4.79 Å². The first kappa shape index (κ1) is 14.0. The number of hydrogen-bond acceptors (Lipinski definition) is 2. The Bertz CT molecular complexity index is 362. The molecule has 0 bridgehead atoms. The molecule has 0 aromatic carbocycles. The van der Waals surface area contributed by atoms with Gasteiger partial charge in [-0.2, -0.15) is 0 Å². The quantitative estimate of drug-likeness (QED) is 0.837. The largest absolute Gasteiger partial charge is 0.323 e. The first-order chi connectivity index (χ1) is 8.19. The Morgan fingerprint density at radius 1 is 1.41 bits per heavy atom. The third-order valence-electron chi connectivity index (χ3n) is 2.67. The highest BCUT2D eigenvalue weighted by Gasteiger charge is 2.17. The fraction of sp³-hybridized carbons (Fsp3) is 0.538. The van der Waals surface area contributed by atoms with Gasteiger partial charge in [0.05, 0.1) is 16.9 Å². The lowest BCUT2D eigenvalue weighted by Gasteiger charge is -2.15. The summed E-state index contributed by atoms with van der Waals surface area (Å²) < 4.78 is 0. The van der Waals surface area contributed by atoms with Crippen LogP contribution < -0.4 is 5.32 Å². The molecule has 1 N–H and O–H groups in total. The monoisotopic (exact) mass is 254 g/mol. The van der Waals surface area contributed by atoms with E-state index in [1.165, 1.54) is 0 Å². The number of hydrogen-bond donors (Lipinski definition) is 1. The van der Waals surface area contributed by atoms with Gasteiger partial charge in [-0.3, -0.25) is 9.78 Å². The fourth-order valence-electron chi connectivity index (χ4n) is 1.81. The molecule has 1 amide bonds. The zero-order valence-electron chi connectivity index (χ0n) is 10.4. The number of amides is 1. The Kier molecular flexibility index (Phi) is 5.98. The maximum absolute atomic E-state index is 12.0. The maximum atomic E-state index is 12.0. The predicted octanol–water partition coefficient (Wildman–Crippen LogP) is 3.89. The summed E-state index contributed by atoms with van der Waals surface area (Å²) in [5.74, 6) is 0.116. The van der Waals surface area contributed by atoms with Crippen molar-refractivity contribution in [2.75, 3.05) is 5.32 Å². The van der Waals surface area contributed by atoms with Crippen LogP contribution in [0.25, 0.3) is 0 Å². The molecule has 0 saturated carbocycles. The molecule has 94 valence electrons. The number of pyridine rings is 1. The van der Waals surface area contributed by atoms with Crippen LogP contribution >= 0.6 is 11.6 Å². The van der Waals surface area contributed by atoms with E-state index in [4.69, 9.17) is 11.6 Å². The molecule has 0 fully saturated rings. The lowest BCUT2D eigenvalue weighted by atomic mass is 9.97. The van der Waals surface area contributed by atoms with Gasteiger partial charge in [-0.05, 0) is 18.9 Å². The highest BCUT2D eigenvalue weighted by Crippen LogP contribution is 2.22. The summed E-state index contributed by atoms with van der Waals surface area (Å²) in [6.45, 7) is 4.18. The van der Waals surface area contributed by atoms with Crippen molar-refractivity contribution in [3.05, 3.63) is 23.5 Å². The first-order valence-corrected chi connectivity index (χ1v) is 6.47. The van der Waals surface area contributed by atoms with Gasteiger partial charge in [0, 0.05) is 12.1 Å². The average molecular weight is 255 g/mol. The van der Waals surface area contributed by atoms with Crippen LogP contribution in [0.4, 0.5) is 5.69 Å². The van der Waals surface area contributed by atoms with E-state index in [1.54, 1.807) is 18.5 Å². The van der Waals surface area contributed by atoms with Crippen molar-refractivity contribution in [3.63, 3.8) is 0 Å². The van der Waals surface area contributed by atoms with E-state index < -0.39 is 0 Å². The molecule has 1 aromatic rings. The van der Waals surface area contributed by atoms with E-state index in [-0.39, 0.29) is 11.8 Å². The Morgan fingerprint density at radius 2 is 2.06 bits per heavy atom. The SMILES string of the molecule is CCCC(CCC)C(=O)Nc1cnccc1Cl. The number of carbonyl (C=O) groups is 1. The van der Waals surface area contributed by atoms with Gasteiger partial charge in [-0.25, -0.2) is 0 Å². The number of halogens is 1. The number of anilines is 1. The third-order valence-corrected chi connectivity index (χ3v) is 3.00. The summed E-state index contributed by atoms with van der Waals surface area (Å²) in [5, 5.41) is 3.37. The van der Waals surface area contributed by atoms with E-state index >= 15 is 0 Å². The van der Waals surface area contributed by atoms with Crippen molar-refractivity contribution < 1.29 is 4.79 Å². The highest BCUT2D eigenvalue weighted by atomic mass is 35.5. The Labute approximate surface area is 108 Å². The molecule has 0 radical (unpaired) electrons. The van der Waals surface area contributed by atoms with Gasteiger partial charge in [-0.15, -0.1) is 0 Å². The van der Waals surface area contributed by atoms with Crippen molar-refractivity contribution in [1.29, 1.82) is 0 Å². The van der Waals surface area contributed by atoms with Crippen LogP contribution in [0.3, 0.4) is 0 Å². The number of nitrogens with zero attached hydrogens (tertiary/aromatic N) is 1. The fourth-order valence-corrected chi connectivity index (χ4v) is 1.96. The minimum Gasteiger partial charge on any atom is -0.323 e. The van der Waals surface area contributed by atoms with Crippen LogP contribution in [0, 0.1) is 5.92 Å². The van der Waals surface area contributed by atoms with Gasteiger partial charge in [0.2, 0.25) is 5.91 Å². The van der Waals surface area contributed by atoms with Crippen LogP contribution in [0.5, 0.6) is 0 Å². The topological polar surface area (TPSA) is 42.0 Å². The number of aromatic nitrogens is 1. The molecule has 3 nitrogen and oxygen atoms in total. The molecule has 1 aromatic heterocycles. The molecule has 0 aliphatic heterocycles. The second-order valence-corrected chi connectivity index (χ2v) is 4.53. The Balaban J connectivity index is 2.66. The molecule has 0 spiro atoms. The summed E-state index contributed by atoms with van der Waals surface area (Å²) in [7, 11) is 0. The van der Waals surface area contributed by atoms with Crippen molar-refractivity contribution in [2.24, 2.45) is 5.92 Å². The molecule has 0 saturated heterocycles. The summed E-state index contributed by atoms with van der Waals surface area (Å²) in [6, 6.07) is 1.67. The minimum atomic E-state index is 0.0450. The van der Waals surface area contributed by atoms with Crippen LogP contribution in [-0.4, -0.2) is 10.9 Å². The molecule has 0 atom stereocenters. The molecular formula is C13H19ClN2O. The van der Waals surface area contributed by atoms with Gasteiger partial charge in [-0.1, -0.05) is 38.3 Å². The van der Waals surface area contributed by atoms with E-state index in [0.29, 0.717) is 10.7 Å². The summed E-state index contributed by atoms with van der Waals surface area (Å²) in [5.41, 5.74) is 0.594. The highest BCUT2D eigenvalue weighted by molar-refractivity contribution is 6.33. The summed E-state index contributed by atoms with van der Waals surface area (Å²) in [4.78, 5) is 16.0. The average Bonchev–Trinajstić information content (AvgIpc) is 2.32. The molecular weight excluding hydrogens is 236 g/mol. The van der Waals surface area contributed by atoms with Gasteiger partial charge >= 0.3 is 0 Å². The first-order valence-electron chi connectivity index (χ1n) is 6.09. The van der Waals surface area contributed by atoms with E-state index in [1.807, 2.05) is 0 Å². The minimum absolute atomic E-state index is 0.0450. The zero-order chi connectivity index (χ0) is 12.7. The normalized spacial score (nSPS) is 10.6. The molecule has 0 aliphatic rings. The number of rotatable bonds is 6. The predicted molar refractivity (Wildman–Crippen MR) is 71.2 cm³/mol. The standard InChI is InChI=1S/C13H19ClN2O/c1-3-5-10(6-4-2)13(17)16-12-9-15-8-7-11(12)14/h7-10H,3-6H2,1-2H3,(H,16,17). The van der Waals surface area contributed by atoms with Crippen LogP contribution in [0.2, 0.25) is 5.02 Å². The third kappa shape index (κ3) is 4.35. The lowest BCUT2D eigenvalue weighted by molar-refractivity contribution is -0.120. The van der Waals surface area contributed by atoms with Crippen LogP contribution in [0.15, 0.2) is 18.5 Å². The molecule has 1 rings (SSSR count). The molecule has 17 heavy (non-hydrogen) atoms. The Morgan fingerprint density at radius 3 is 2.59 bits per heavy atom. The zero-order valence-corrected chi connectivity index (χ0v) is 11.1. The summed E-state index contributed by atoms with van der Waals surface area (Å²) >= 11 is 5.97. The molecule has 0 unspecified atom stereocenters. The lowest BCUT2D eigenvalue weighted by Crippen LogP contribution is -2.22. The van der Waals surface area contributed by atoms with E-state index in [2.05, 4.69) is 24.1 Å². The van der Waals surface area contributed by atoms with Gasteiger partial charge < -0.3 is 5.32 Å². The van der Waals surface area contributed by atoms with E-state index in [0.717, 1.165) is 25.7 Å². The van der Waals surface area contributed by atoms with Crippen LogP contribution in [0.1, 0.15) is 39.5 Å². The maximum Gasteiger partial charge on any atom is 0.227 e. The van der Waals surface area contributed by atoms with Gasteiger partial charge in [0.1, 0.15) is 0 Å². The summed E-state index contributed by atoms with van der Waals surface area (Å²) in [6.07, 6.45) is 7.04. The smallest absolute Gasteiger partial charge is 0.227 e.